The van der Waals surface area contributed by atoms with Crippen molar-refractivity contribution < 1.29 is 19.2 Å². The molecular weight excluding hydrogens is 382 g/mol. The minimum absolute atomic E-state index is 0.0157. The molecule has 1 heterocycles. The molecule has 0 radical (unpaired) electrons. The lowest BCUT2D eigenvalue weighted by molar-refractivity contribution is -0.384. The highest BCUT2D eigenvalue weighted by atomic mass is 32.1. The summed E-state index contributed by atoms with van der Waals surface area (Å²) in [6.45, 7) is 7.61. The van der Waals surface area contributed by atoms with E-state index in [1.54, 1.807) is 19.1 Å². The predicted octanol–water partition coefficient (Wildman–Crippen LogP) is 3.09. The number of hydrogen-bond acceptors (Lipinski definition) is 6. The molecule has 1 aliphatic rings. The van der Waals surface area contributed by atoms with Gasteiger partial charge in [0.25, 0.3) is 5.69 Å². The highest BCUT2D eigenvalue weighted by Gasteiger charge is 2.34. The van der Waals surface area contributed by atoms with Crippen LogP contribution in [0.15, 0.2) is 35.5 Å². The highest BCUT2D eigenvalue weighted by Crippen LogP contribution is 2.32. The van der Waals surface area contributed by atoms with Gasteiger partial charge in [0.1, 0.15) is 0 Å². The van der Waals surface area contributed by atoms with Crippen LogP contribution in [0.5, 0.6) is 0 Å². The third-order valence-corrected chi connectivity index (χ3v) is 4.74. The van der Waals surface area contributed by atoms with E-state index in [9.17, 15) is 14.9 Å². The van der Waals surface area contributed by atoms with Gasteiger partial charge in [-0.15, -0.1) is 0 Å². The minimum atomic E-state index is -0.532. The molecule has 0 bridgehead atoms. The molecule has 0 aliphatic carbocycles. The van der Waals surface area contributed by atoms with E-state index in [2.05, 4.69) is 5.32 Å². The molecule has 9 heteroatoms. The average Bonchev–Trinajstić information content (AvgIpc) is 2.67. The number of carbonyl (C=O) groups excluding carboxylic acids is 1. The first kappa shape index (κ1) is 21.8. The first-order valence-corrected chi connectivity index (χ1v) is 9.59. The number of ether oxygens (including phenoxy) is 2. The van der Waals surface area contributed by atoms with E-state index >= 15 is 0 Å². The van der Waals surface area contributed by atoms with Gasteiger partial charge in [-0.1, -0.05) is 0 Å². The third kappa shape index (κ3) is 5.05. The van der Waals surface area contributed by atoms with Crippen LogP contribution in [0, 0.1) is 10.1 Å². The summed E-state index contributed by atoms with van der Waals surface area (Å²) in [5.41, 5.74) is 1.84. The van der Waals surface area contributed by atoms with Crippen LogP contribution < -0.4 is 5.32 Å². The van der Waals surface area contributed by atoms with Crippen LogP contribution in [0.3, 0.4) is 0 Å². The molecule has 28 heavy (non-hydrogen) atoms. The molecule has 1 atom stereocenters. The Morgan fingerprint density at radius 3 is 2.54 bits per heavy atom. The van der Waals surface area contributed by atoms with Gasteiger partial charge in [-0.3, -0.25) is 10.1 Å². The molecule has 2 rings (SSSR count). The van der Waals surface area contributed by atoms with Crippen molar-refractivity contribution >= 4 is 29.0 Å². The van der Waals surface area contributed by atoms with Gasteiger partial charge >= 0.3 is 5.97 Å². The predicted molar refractivity (Wildman–Crippen MR) is 109 cm³/mol. The number of hydrogen-bond donors (Lipinski definition) is 1. The van der Waals surface area contributed by atoms with Crippen molar-refractivity contribution in [2.75, 3.05) is 26.4 Å². The van der Waals surface area contributed by atoms with Crippen LogP contribution in [0.1, 0.15) is 38.8 Å². The molecule has 0 spiro atoms. The first-order chi connectivity index (χ1) is 13.4. The molecule has 8 nitrogen and oxygen atoms in total. The van der Waals surface area contributed by atoms with Crippen LogP contribution >= 0.6 is 12.2 Å². The Kier molecular flexibility index (Phi) is 7.89. The van der Waals surface area contributed by atoms with Crippen molar-refractivity contribution in [1.82, 2.24) is 10.2 Å². The summed E-state index contributed by atoms with van der Waals surface area (Å²) in [5, 5.41) is 14.6. The maximum absolute atomic E-state index is 12.7. The number of carbonyl (C=O) groups is 1. The Morgan fingerprint density at radius 1 is 1.29 bits per heavy atom. The normalized spacial score (nSPS) is 16.8. The number of thiocarbonyl (C=S) groups is 1. The molecule has 0 fully saturated rings. The minimum Gasteiger partial charge on any atom is -0.463 e. The Bertz CT molecular complexity index is 763. The lowest BCUT2D eigenvalue weighted by Crippen LogP contribution is -2.48. The summed E-state index contributed by atoms with van der Waals surface area (Å²) < 4.78 is 10.6. The maximum atomic E-state index is 12.7. The standard InChI is InChI=1S/C19H25N3O5S/c1-4-26-12-6-11-21-13(3)16(18(23)27-5-2)17(20-19(21)28)14-7-9-15(10-8-14)22(24)25/h7-10,17H,4-6,11-12H2,1-3H3,(H,20,28)/t17-/m1/s1. The summed E-state index contributed by atoms with van der Waals surface area (Å²) in [4.78, 5) is 25.0. The molecule has 1 N–H and O–H groups in total. The molecule has 0 unspecified atom stereocenters. The van der Waals surface area contributed by atoms with Crippen molar-refractivity contribution in [2.45, 2.75) is 33.2 Å². The summed E-state index contributed by atoms with van der Waals surface area (Å²) in [6, 6.07) is 5.53. The maximum Gasteiger partial charge on any atom is 0.338 e. The van der Waals surface area contributed by atoms with Crippen LogP contribution in [0.2, 0.25) is 0 Å². The van der Waals surface area contributed by atoms with Crippen LogP contribution in [-0.2, 0) is 14.3 Å². The quantitative estimate of drug-likeness (QED) is 0.219. The van der Waals surface area contributed by atoms with E-state index in [1.807, 2.05) is 18.7 Å². The van der Waals surface area contributed by atoms with E-state index in [-0.39, 0.29) is 12.3 Å². The van der Waals surface area contributed by atoms with Gasteiger partial charge < -0.3 is 19.7 Å². The second kappa shape index (κ2) is 10.1. The van der Waals surface area contributed by atoms with Gasteiger partial charge in [-0.25, -0.2) is 4.79 Å². The van der Waals surface area contributed by atoms with Crippen molar-refractivity contribution in [3.63, 3.8) is 0 Å². The number of non-ortho nitro benzene ring substituents is 1. The molecule has 1 aromatic carbocycles. The lowest BCUT2D eigenvalue weighted by atomic mass is 9.94. The monoisotopic (exact) mass is 407 g/mol. The number of nitro groups is 1. The van der Waals surface area contributed by atoms with Gasteiger partial charge in [0, 0.05) is 37.6 Å². The molecular formula is C19H25N3O5S. The highest BCUT2D eigenvalue weighted by molar-refractivity contribution is 7.80. The third-order valence-electron chi connectivity index (χ3n) is 4.40. The Morgan fingerprint density at radius 2 is 1.96 bits per heavy atom. The fraction of sp³-hybridized carbons (Fsp3) is 0.474. The van der Waals surface area contributed by atoms with Gasteiger partial charge in [0.05, 0.1) is 23.1 Å². The van der Waals surface area contributed by atoms with Gasteiger partial charge in [-0.05, 0) is 57.1 Å². The fourth-order valence-corrected chi connectivity index (χ4v) is 3.38. The van der Waals surface area contributed by atoms with E-state index in [0.717, 1.165) is 6.42 Å². The zero-order valence-corrected chi connectivity index (χ0v) is 17.1. The molecule has 152 valence electrons. The smallest absolute Gasteiger partial charge is 0.338 e. The van der Waals surface area contributed by atoms with Crippen LogP contribution in [0.25, 0.3) is 0 Å². The average molecular weight is 407 g/mol. The molecule has 1 aromatic rings. The van der Waals surface area contributed by atoms with E-state index in [4.69, 9.17) is 21.7 Å². The van der Waals surface area contributed by atoms with Crippen LogP contribution in [0.4, 0.5) is 5.69 Å². The van der Waals surface area contributed by atoms with Crippen molar-refractivity contribution in [2.24, 2.45) is 0 Å². The fourth-order valence-electron chi connectivity index (χ4n) is 3.03. The molecule has 0 amide bonds. The lowest BCUT2D eigenvalue weighted by Gasteiger charge is -2.37. The Labute approximate surface area is 169 Å². The first-order valence-electron chi connectivity index (χ1n) is 9.18. The molecule has 0 saturated heterocycles. The number of esters is 1. The number of nitro benzene ring substituents is 1. The summed E-state index contributed by atoms with van der Waals surface area (Å²) >= 11 is 5.51. The molecule has 0 aromatic heterocycles. The second-order valence-corrected chi connectivity index (χ2v) is 6.54. The Hall–Kier alpha value is -2.52. The van der Waals surface area contributed by atoms with Gasteiger partial charge in [-0.2, -0.15) is 0 Å². The van der Waals surface area contributed by atoms with E-state index in [0.29, 0.717) is 41.7 Å². The zero-order valence-electron chi connectivity index (χ0n) is 16.3. The van der Waals surface area contributed by atoms with Crippen molar-refractivity contribution in [3.05, 3.63) is 51.2 Å². The number of benzene rings is 1. The summed E-state index contributed by atoms with van der Waals surface area (Å²) in [5.74, 6) is -0.437. The number of nitrogens with one attached hydrogen (secondary N) is 1. The van der Waals surface area contributed by atoms with Crippen molar-refractivity contribution in [1.29, 1.82) is 0 Å². The Balaban J connectivity index is 2.36. The van der Waals surface area contributed by atoms with Gasteiger partial charge in [0.2, 0.25) is 0 Å². The summed E-state index contributed by atoms with van der Waals surface area (Å²) in [7, 11) is 0. The van der Waals surface area contributed by atoms with E-state index in [1.165, 1.54) is 12.1 Å². The van der Waals surface area contributed by atoms with E-state index < -0.39 is 16.9 Å². The second-order valence-electron chi connectivity index (χ2n) is 6.15. The number of nitrogens with zero attached hydrogens (tertiary/aromatic N) is 2. The van der Waals surface area contributed by atoms with Crippen molar-refractivity contribution in [3.8, 4) is 0 Å². The van der Waals surface area contributed by atoms with Crippen LogP contribution in [-0.4, -0.2) is 47.3 Å². The topological polar surface area (TPSA) is 93.9 Å². The summed E-state index contributed by atoms with van der Waals surface area (Å²) in [6.07, 6.45) is 0.755. The molecule has 0 saturated carbocycles. The van der Waals surface area contributed by atoms with Gasteiger partial charge in [0.15, 0.2) is 5.11 Å². The number of rotatable bonds is 9. The number of allylic oxidation sites excluding steroid dienone is 1. The SMILES string of the molecule is CCOCCCN1C(=S)N[C@H](c2ccc([N+](=O)[O-])cc2)C(C(=O)OCC)=C1C. The molecule has 1 aliphatic heterocycles. The largest absolute Gasteiger partial charge is 0.463 e. The zero-order chi connectivity index (χ0) is 20.7.